The lowest BCUT2D eigenvalue weighted by molar-refractivity contribution is 0.317. The fourth-order valence-electron chi connectivity index (χ4n) is 0.407. The molecule has 0 aliphatic heterocycles. The molecular formula is C6H12NO2P. The van der Waals surface area contributed by atoms with Crippen LogP contribution in [0.15, 0.2) is 24.8 Å². The van der Waals surface area contributed by atoms with E-state index in [-0.39, 0.29) is 0 Å². The zero-order valence-electron chi connectivity index (χ0n) is 5.73. The zero-order valence-corrected chi connectivity index (χ0v) is 6.63. The van der Waals surface area contributed by atoms with Crippen LogP contribution in [-0.4, -0.2) is 11.5 Å². The molecule has 0 bridgehead atoms. The number of allylic oxidation sites excluding steroid dienone is 2. The third kappa shape index (κ3) is 7.79. The Hall–Kier alpha value is -0.210. The summed E-state index contributed by atoms with van der Waals surface area (Å²) in [6, 6.07) is 0. The Morgan fingerprint density at radius 3 is 2.90 bits per heavy atom. The molecule has 0 fully saturated rings. The molecule has 58 valence electrons. The third-order valence-electron chi connectivity index (χ3n) is 0.780. The monoisotopic (exact) mass is 161 g/mol. The molecule has 0 aliphatic rings. The first-order valence-corrected chi connectivity index (χ1v) is 4.19. The van der Waals surface area contributed by atoms with Gasteiger partial charge in [-0.3, -0.25) is 5.50 Å². The minimum Gasteiger partial charge on any atom is -0.338 e. The highest BCUT2D eigenvalue weighted by Crippen LogP contribution is 2.18. The van der Waals surface area contributed by atoms with E-state index in [2.05, 4.69) is 6.58 Å². The van der Waals surface area contributed by atoms with Gasteiger partial charge in [0.05, 0.1) is 6.61 Å². The molecule has 0 amide bonds. The average Bonchev–Trinajstić information content (AvgIpc) is 1.87. The average molecular weight is 161 g/mol. The number of rotatable bonds is 5. The van der Waals surface area contributed by atoms with E-state index < -0.39 is 8.53 Å². The molecule has 3 nitrogen and oxygen atoms in total. The molecule has 0 aliphatic carbocycles. The Morgan fingerprint density at radius 2 is 2.40 bits per heavy atom. The summed E-state index contributed by atoms with van der Waals surface area (Å²) in [6.45, 7) is 3.96. The molecule has 0 spiro atoms. The molecule has 4 heteroatoms. The Labute approximate surface area is 62.2 Å². The molecule has 3 N–H and O–H groups in total. The van der Waals surface area contributed by atoms with E-state index in [4.69, 9.17) is 14.9 Å². The quantitative estimate of drug-likeness (QED) is 0.363. The molecule has 0 saturated carbocycles. The lowest BCUT2D eigenvalue weighted by atomic mass is 10.4. The van der Waals surface area contributed by atoms with Gasteiger partial charge in [0, 0.05) is 0 Å². The first-order valence-electron chi connectivity index (χ1n) is 2.91. The first kappa shape index (κ1) is 9.79. The normalized spacial score (nSPS) is 13.8. The molecule has 1 unspecified atom stereocenters. The maximum atomic E-state index is 8.49. The summed E-state index contributed by atoms with van der Waals surface area (Å²) < 4.78 is 4.70. The van der Waals surface area contributed by atoms with Crippen LogP contribution in [-0.2, 0) is 4.52 Å². The number of nitrogens with two attached hydrogens (primary N) is 1. The third-order valence-corrected chi connectivity index (χ3v) is 1.23. The fourth-order valence-corrected chi connectivity index (χ4v) is 0.699. The van der Waals surface area contributed by atoms with Crippen molar-refractivity contribution in [2.24, 2.45) is 5.50 Å². The van der Waals surface area contributed by atoms with Crippen LogP contribution in [0.1, 0.15) is 6.42 Å². The van der Waals surface area contributed by atoms with Crippen LogP contribution in [0, 0.1) is 0 Å². The second kappa shape index (κ2) is 6.90. The number of hydrogen-bond acceptors (Lipinski definition) is 3. The molecule has 0 aromatic rings. The standard InChI is InChI=1S/C6H12NO2P/c1-2-3-4-5-6-9-10(7)8/h2-4,8H,1,5-7H2. The van der Waals surface area contributed by atoms with E-state index in [0.717, 1.165) is 6.42 Å². The van der Waals surface area contributed by atoms with Gasteiger partial charge in [0.15, 0.2) is 0 Å². The van der Waals surface area contributed by atoms with E-state index in [1.165, 1.54) is 0 Å². The van der Waals surface area contributed by atoms with Crippen LogP contribution in [0.4, 0.5) is 0 Å². The molecule has 0 aromatic heterocycles. The lowest BCUT2D eigenvalue weighted by Crippen LogP contribution is -1.93. The van der Waals surface area contributed by atoms with Gasteiger partial charge in [0.2, 0.25) is 8.53 Å². The van der Waals surface area contributed by atoms with Crippen LogP contribution in [0.2, 0.25) is 0 Å². The Bertz CT molecular complexity index is 114. The van der Waals surface area contributed by atoms with Crippen molar-refractivity contribution in [1.29, 1.82) is 0 Å². The molecule has 0 heterocycles. The largest absolute Gasteiger partial charge is 0.338 e. The summed E-state index contributed by atoms with van der Waals surface area (Å²) in [5.74, 6) is 0. The van der Waals surface area contributed by atoms with Crippen molar-refractivity contribution in [3.63, 3.8) is 0 Å². The maximum Gasteiger partial charge on any atom is 0.250 e. The van der Waals surface area contributed by atoms with Gasteiger partial charge in [0.1, 0.15) is 0 Å². The van der Waals surface area contributed by atoms with Gasteiger partial charge in [-0.15, -0.1) is 0 Å². The predicted octanol–water partition coefficient (Wildman–Crippen LogP) is 1.31. The van der Waals surface area contributed by atoms with Crippen molar-refractivity contribution in [1.82, 2.24) is 0 Å². The van der Waals surface area contributed by atoms with Gasteiger partial charge in [0.25, 0.3) is 0 Å². The highest BCUT2D eigenvalue weighted by Gasteiger charge is 1.92. The summed E-state index contributed by atoms with van der Waals surface area (Å²) in [5.41, 5.74) is 4.96. The van der Waals surface area contributed by atoms with Gasteiger partial charge in [-0.2, -0.15) is 0 Å². The molecular weight excluding hydrogens is 149 g/mol. The lowest BCUT2D eigenvalue weighted by Gasteiger charge is -2.00. The van der Waals surface area contributed by atoms with Crippen molar-refractivity contribution in [2.75, 3.05) is 6.61 Å². The summed E-state index contributed by atoms with van der Waals surface area (Å²) in [6.07, 6.45) is 6.15. The fraction of sp³-hybridized carbons (Fsp3) is 0.333. The van der Waals surface area contributed by atoms with Gasteiger partial charge in [-0.25, -0.2) is 0 Å². The summed E-state index contributed by atoms with van der Waals surface area (Å²) in [4.78, 5) is 8.49. The summed E-state index contributed by atoms with van der Waals surface area (Å²) >= 11 is 0. The molecule has 0 rings (SSSR count). The summed E-state index contributed by atoms with van der Waals surface area (Å²) in [5, 5.41) is 0. The van der Waals surface area contributed by atoms with E-state index in [1.807, 2.05) is 12.2 Å². The SMILES string of the molecule is C=CC=CCCOP(N)O. The minimum absolute atomic E-state index is 0.461. The van der Waals surface area contributed by atoms with E-state index >= 15 is 0 Å². The van der Waals surface area contributed by atoms with Gasteiger partial charge < -0.3 is 9.42 Å². The van der Waals surface area contributed by atoms with Crippen molar-refractivity contribution in [3.05, 3.63) is 24.8 Å². The molecule has 0 aromatic carbocycles. The van der Waals surface area contributed by atoms with Crippen molar-refractivity contribution in [3.8, 4) is 0 Å². The molecule has 10 heavy (non-hydrogen) atoms. The Morgan fingerprint density at radius 1 is 1.70 bits per heavy atom. The van der Waals surface area contributed by atoms with E-state index in [1.54, 1.807) is 6.08 Å². The Balaban J connectivity index is 3.04. The second-order valence-electron chi connectivity index (χ2n) is 1.59. The smallest absolute Gasteiger partial charge is 0.250 e. The molecule has 0 saturated heterocycles. The Kier molecular flexibility index (Phi) is 6.76. The summed E-state index contributed by atoms with van der Waals surface area (Å²) in [7, 11) is -1.68. The molecule has 1 atom stereocenters. The van der Waals surface area contributed by atoms with Crippen LogP contribution in [0.3, 0.4) is 0 Å². The second-order valence-corrected chi connectivity index (χ2v) is 2.45. The maximum absolute atomic E-state index is 8.49. The van der Waals surface area contributed by atoms with Crippen LogP contribution in [0.25, 0.3) is 0 Å². The van der Waals surface area contributed by atoms with E-state index in [0.29, 0.717) is 6.61 Å². The highest BCUT2D eigenvalue weighted by atomic mass is 31.2. The minimum atomic E-state index is -1.68. The van der Waals surface area contributed by atoms with Crippen LogP contribution >= 0.6 is 8.53 Å². The molecule has 0 radical (unpaired) electrons. The first-order chi connectivity index (χ1) is 4.77. The number of hydrogen-bond donors (Lipinski definition) is 2. The predicted molar refractivity (Wildman–Crippen MR) is 43.2 cm³/mol. The van der Waals surface area contributed by atoms with Gasteiger partial charge in [-0.05, 0) is 6.42 Å². The topological polar surface area (TPSA) is 55.5 Å². The van der Waals surface area contributed by atoms with Gasteiger partial charge in [-0.1, -0.05) is 24.8 Å². The van der Waals surface area contributed by atoms with Crippen molar-refractivity contribution < 1.29 is 9.42 Å². The zero-order chi connectivity index (χ0) is 7.82. The van der Waals surface area contributed by atoms with Gasteiger partial charge >= 0.3 is 0 Å². The van der Waals surface area contributed by atoms with Crippen molar-refractivity contribution in [2.45, 2.75) is 6.42 Å². The van der Waals surface area contributed by atoms with Crippen LogP contribution in [0.5, 0.6) is 0 Å². The van der Waals surface area contributed by atoms with Crippen molar-refractivity contribution >= 4 is 8.53 Å². The highest BCUT2D eigenvalue weighted by molar-refractivity contribution is 7.43. The van der Waals surface area contributed by atoms with E-state index in [9.17, 15) is 0 Å². The van der Waals surface area contributed by atoms with Crippen LogP contribution < -0.4 is 5.50 Å².